The third-order valence-corrected chi connectivity index (χ3v) is 15.9. The number of aliphatic hydroxyl groups excluding tert-OH is 8. The van der Waals surface area contributed by atoms with E-state index in [2.05, 4.69) is 31.3 Å². The quantitative estimate of drug-likeness (QED) is 0.0204. The molecule has 77 heavy (non-hydrogen) atoms. The van der Waals surface area contributed by atoms with E-state index in [0.29, 0.717) is 12.8 Å². The highest BCUT2D eigenvalue weighted by Crippen LogP contribution is 2.30. The van der Waals surface area contributed by atoms with Crippen LogP contribution in [-0.4, -0.2) is 140 Å². The first kappa shape index (κ1) is 71.6. The van der Waals surface area contributed by atoms with Crippen molar-refractivity contribution in [3.63, 3.8) is 0 Å². The number of carbonyl (C=O) groups is 1. The molecule has 14 heteroatoms. The summed E-state index contributed by atoms with van der Waals surface area (Å²) < 4.78 is 22.8. The average Bonchev–Trinajstić information content (AvgIpc) is 3.44. The topological polar surface area (TPSA) is 228 Å². The molecule has 0 radical (unpaired) electrons. The van der Waals surface area contributed by atoms with Crippen molar-refractivity contribution < 1.29 is 64.6 Å². The molecule has 12 unspecified atom stereocenters. The molecule has 0 spiro atoms. The van der Waals surface area contributed by atoms with Gasteiger partial charge in [-0.1, -0.05) is 263 Å². The van der Waals surface area contributed by atoms with Gasteiger partial charge in [-0.3, -0.25) is 4.79 Å². The second-order valence-electron chi connectivity index (χ2n) is 22.9. The molecule has 2 aliphatic rings. The zero-order valence-corrected chi connectivity index (χ0v) is 49.0. The van der Waals surface area contributed by atoms with Crippen LogP contribution in [0, 0.1) is 0 Å². The summed E-state index contributed by atoms with van der Waals surface area (Å²) in [5, 5.41) is 87.2. The highest BCUT2D eigenvalue weighted by Gasteiger charge is 2.51. The lowest BCUT2D eigenvalue weighted by Crippen LogP contribution is -2.65. The van der Waals surface area contributed by atoms with Crippen molar-refractivity contribution in [1.82, 2.24) is 5.32 Å². The molecule has 0 aromatic rings. The standard InChI is InChI=1S/C63H119NO13/c1-3-5-7-9-11-13-15-17-19-21-23-24-25-26-27-29-30-32-34-36-38-40-42-44-46-52(67)51(64-55(68)47-45-43-41-39-37-35-33-31-28-22-20-18-16-14-12-10-8-6-4-2)50-74-62-60(73)58(71)61(54(49-66)76-62)77-63-59(72)57(70)56(69)53(48-65)75-63/h36,38,44,46,51-54,56-63,65-67,69-73H,3-35,37,39-43,45,47-50H2,1-2H3,(H,64,68)/b38-36+,46-44+. The third kappa shape index (κ3) is 34.5. The van der Waals surface area contributed by atoms with Crippen molar-refractivity contribution in [1.29, 1.82) is 0 Å². The Morgan fingerprint density at radius 3 is 1.27 bits per heavy atom. The SMILES string of the molecule is CCCCCCCCCCCCCCCCCCCC/C=C/CC/C=C/C(O)C(COC1OC(CO)C(OC2OC(CO)C(O)C(O)C2O)C(O)C1O)NC(=O)CCCCCCCCCCCCCCCCCCCCC. The fraction of sp³-hybridized carbons (Fsp3) is 0.921. The fourth-order valence-corrected chi connectivity index (χ4v) is 10.7. The molecular formula is C63H119NO13. The van der Waals surface area contributed by atoms with Crippen LogP contribution in [0.5, 0.6) is 0 Å². The number of rotatable bonds is 52. The number of hydrogen-bond donors (Lipinski definition) is 9. The molecule has 2 aliphatic heterocycles. The number of hydrogen-bond acceptors (Lipinski definition) is 13. The molecule has 454 valence electrons. The zero-order valence-electron chi connectivity index (χ0n) is 49.0. The lowest BCUT2D eigenvalue weighted by Gasteiger charge is -2.46. The van der Waals surface area contributed by atoms with E-state index < -0.39 is 86.8 Å². The summed E-state index contributed by atoms with van der Waals surface area (Å²) >= 11 is 0. The van der Waals surface area contributed by atoms with Crippen molar-refractivity contribution in [3.8, 4) is 0 Å². The summed E-state index contributed by atoms with van der Waals surface area (Å²) in [5.41, 5.74) is 0. The zero-order chi connectivity index (χ0) is 56.0. The van der Waals surface area contributed by atoms with Gasteiger partial charge in [-0.05, 0) is 32.1 Å². The number of ether oxygens (including phenoxy) is 4. The number of amides is 1. The van der Waals surface area contributed by atoms with Crippen molar-refractivity contribution in [2.75, 3.05) is 19.8 Å². The molecular weight excluding hydrogens is 979 g/mol. The Balaban J connectivity index is 1.75. The van der Waals surface area contributed by atoms with Crippen LogP contribution in [0.25, 0.3) is 0 Å². The Morgan fingerprint density at radius 1 is 0.455 bits per heavy atom. The van der Waals surface area contributed by atoms with Crippen LogP contribution in [0.3, 0.4) is 0 Å². The molecule has 9 N–H and O–H groups in total. The van der Waals surface area contributed by atoms with Crippen LogP contribution < -0.4 is 5.32 Å². The molecule has 2 rings (SSSR count). The van der Waals surface area contributed by atoms with Crippen LogP contribution in [0.2, 0.25) is 0 Å². The van der Waals surface area contributed by atoms with E-state index in [1.165, 1.54) is 212 Å². The fourth-order valence-electron chi connectivity index (χ4n) is 10.7. The van der Waals surface area contributed by atoms with Gasteiger partial charge in [0, 0.05) is 6.42 Å². The van der Waals surface area contributed by atoms with Crippen molar-refractivity contribution in [2.24, 2.45) is 0 Å². The van der Waals surface area contributed by atoms with Crippen molar-refractivity contribution >= 4 is 5.91 Å². The first-order valence-electron chi connectivity index (χ1n) is 32.1. The van der Waals surface area contributed by atoms with Crippen LogP contribution in [0.1, 0.15) is 277 Å². The number of aliphatic hydroxyl groups is 8. The van der Waals surface area contributed by atoms with E-state index in [1.807, 2.05) is 6.08 Å². The molecule has 12 atom stereocenters. The number of nitrogens with one attached hydrogen (secondary N) is 1. The van der Waals surface area contributed by atoms with E-state index >= 15 is 0 Å². The minimum Gasteiger partial charge on any atom is -0.394 e. The summed E-state index contributed by atoms with van der Waals surface area (Å²) in [7, 11) is 0. The van der Waals surface area contributed by atoms with Gasteiger partial charge in [-0.15, -0.1) is 0 Å². The van der Waals surface area contributed by atoms with Gasteiger partial charge in [-0.25, -0.2) is 0 Å². The van der Waals surface area contributed by atoms with E-state index in [4.69, 9.17) is 18.9 Å². The predicted octanol–water partition coefficient (Wildman–Crippen LogP) is 11.6. The van der Waals surface area contributed by atoms with E-state index in [9.17, 15) is 45.6 Å². The van der Waals surface area contributed by atoms with E-state index in [0.717, 1.165) is 32.1 Å². The van der Waals surface area contributed by atoms with Gasteiger partial charge >= 0.3 is 0 Å². The Hall–Kier alpha value is -1.53. The molecule has 0 aliphatic carbocycles. The van der Waals surface area contributed by atoms with Crippen molar-refractivity contribution in [2.45, 2.75) is 351 Å². The molecule has 0 aromatic carbocycles. The van der Waals surface area contributed by atoms with Crippen LogP contribution >= 0.6 is 0 Å². The van der Waals surface area contributed by atoms with E-state index in [-0.39, 0.29) is 18.9 Å². The lowest BCUT2D eigenvalue weighted by molar-refractivity contribution is -0.359. The predicted molar refractivity (Wildman–Crippen MR) is 309 cm³/mol. The number of unbranched alkanes of at least 4 members (excludes halogenated alkanes) is 37. The minimum atomic E-state index is -1.79. The van der Waals surface area contributed by atoms with Crippen LogP contribution in [0.15, 0.2) is 24.3 Å². The van der Waals surface area contributed by atoms with Gasteiger partial charge in [0.05, 0.1) is 32.0 Å². The second kappa shape index (κ2) is 49.1. The monoisotopic (exact) mass is 1100 g/mol. The molecule has 2 saturated heterocycles. The van der Waals surface area contributed by atoms with Gasteiger partial charge in [0.1, 0.15) is 48.8 Å². The largest absolute Gasteiger partial charge is 0.394 e. The second-order valence-corrected chi connectivity index (χ2v) is 22.9. The summed E-state index contributed by atoms with van der Waals surface area (Å²) in [6.45, 7) is 2.82. The lowest BCUT2D eigenvalue weighted by atomic mass is 9.97. The van der Waals surface area contributed by atoms with Gasteiger partial charge in [0.2, 0.25) is 5.91 Å². The molecule has 0 saturated carbocycles. The van der Waals surface area contributed by atoms with Crippen LogP contribution in [-0.2, 0) is 23.7 Å². The summed E-state index contributed by atoms with van der Waals surface area (Å²) in [6, 6.07) is -0.928. The number of carbonyl (C=O) groups excluding carboxylic acids is 1. The Morgan fingerprint density at radius 2 is 0.831 bits per heavy atom. The minimum absolute atomic E-state index is 0.244. The summed E-state index contributed by atoms with van der Waals surface area (Å²) in [5.74, 6) is -0.244. The maximum Gasteiger partial charge on any atom is 0.220 e. The summed E-state index contributed by atoms with van der Waals surface area (Å²) in [4.78, 5) is 13.3. The Kier molecular flexibility index (Phi) is 45.7. The average molecular weight is 1100 g/mol. The first-order valence-corrected chi connectivity index (χ1v) is 32.1. The Labute approximate surface area is 468 Å². The third-order valence-electron chi connectivity index (χ3n) is 15.9. The summed E-state index contributed by atoms with van der Waals surface area (Å²) in [6.07, 6.45) is 42.2. The van der Waals surface area contributed by atoms with Gasteiger partial charge < -0.3 is 65.1 Å². The normalized spacial score (nSPS) is 24.8. The highest BCUT2D eigenvalue weighted by atomic mass is 16.7. The van der Waals surface area contributed by atoms with Gasteiger partial charge in [0.25, 0.3) is 0 Å². The highest BCUT2D eigenvalue weighted by molar-refractivity contribution is 5.76. The van der Waals surface area contributed by atoms with Crippen molar-refractivity contribution in [3.05, 3.63) is 24.3 Å². The molecule has 2 heterocycles. The van der Waals surface area contributed by atoms with Crippen LogP contribution in [0.4, 0.5) is 0 Å². The maximum absolute atomic E-state index is 13.3. The number of allylic oxidation sites excluding steroid dienone is 3. The maximum atomic E-state index is 13.3. The smallest absolute Gasteiger partial charge is 0.220 e. The molecule has 0 bridgehead atoms. The molecule has 1 amide bonds. The first-order chi connectivity index (χ1) is 37.6. The van der Waals surface area contributed by atoms with E-state index in [1.54, 1.807) is 6.08 Å². The van der Waals surface area contributed by atoms with Gasteiger partial charge in [-0.2, -0.15) is 0 Å². The Bertz CT molecular complexity index is 1390. The molecule has 0 aromatic heterocycles. The van der Waals surface area contributed by atoms with Gasteiger partial charge in [0.15, 0.2) is 12.6 Å². The molecule has 14 nitrogen and oxygen atoms in total. The molecule has 2 fully saturated rings.